The standard InChI is InChI=1S/BrHO4.ClHO4/c2*2-1(3,4)5/h2H;(H,2,3,4,5). The van der Waals surface area contributed by atoms with Crippen molar-refractivity contribution >= 4 is 0 Å². The summed E-state index contributed by atoms with van der Waals surface area (Å²) in [6.07, 6.45) is 0. The van der Waals surface area contributed by atoms with E-state index in [2.05, 4.69) is 0 Å². The predicted octanol–water partition coefficient (Wildman–Crippen LogP) is -8.25. The molecule has 0 bridgehead atoms. The van der Waals surface area contributed by atoms with E-state index in [9.17, 15) is 0 Å². The van der Waals surface area contributed by atoms with Gasteiger partial charge in [-0.05, 0) is 0 Å². The summed E-state index contributed by atoms with van der Waals surface area (Å²) in [5.74, 6) is 0. The zero-order valence-electron chi connectivity index (χ0n) is 4.10. The predicted molar refractivity (Wildman–Crippen MR) is 4.44 cm³/mol. The Kier molecular flexibility index (Phi) is 5.69. The molecule has 8 nitrogen and oxygen atoms in total. The van der Waals surface area contributed by atoms with Crippen molar-refractivity contribution in [1.82, 2.24) is 0 Å². The van der Waals surface area contributed by atoms with Crippen molar-refractivity contribution in [2.45, 2.75) is 0 Å². The second kappa shape index (κ2) is 4.35. The minimum Gasteiger partial charge on any atom is -0.228 e. The van der Waals surface area contributed by atoms with E-state index in [-0.39, 0.29) is 0 Å². The van der Waals surface area contributed by atoms with Gasteiger partial charge in [-0.25, -0.2) is 12.6 Å². The average Bonchev–Trinajstić information content (AvgIpc) is 1.12. The van der Waals surface area contributed by atoms with Crippen LogP contribution < -0.4 is 26.6 Å². The van der Waals surface area contributed by atoms with Crippen LogP contribution in [0.2, 0.25) is 0 Å². The fourth-order valence-electron chi connectivity index (χ4n) is 0. The molecule has 0 heterocycles. The van der Waals surface area contributed by atoms with E-state index in [1.165, 1.54) is 0 Å². The van der Waals surface area contributed by atoms with Crippen molar-refractivity contribution in [3.8, 4) is 0 Å². The van der Waals surface area contributed by atoms with Crippen molar-refractivity contribution in [2.75, 3.05) is 0 Å². The first-order chi connectivity index (χ1) is 4.00. The van der Waals surface area contributed by atoms with Crippen molar-refractivity contribution in [1.29, 1.82) is 0 Å². The summed E-state index contributed by atoms with van der Waals surface area (Å²) in [5, 5.41) is 0. The van der Waals surface area contributed by atoms with Crippen LogP contribution >= 0.6 is 0 Å². The Balaban J connectivity index is 0. The van der Waals surface area contributed by atoms with Crippen molar-refractivity contribution in [3.63, 3.8) is 0 Å². The summed E-state index contributed by atoms with van der Waals surface area (Å²) in [5.41, 5.74) is 0. The lowest BCUT2D eigenvalue weighted by molar-refractivity contribution is -1.92. The van der Waals surface area contributed by atoms with Gasteiger partial charge in [-0.2, -0.15) is 14.0 Å². The molecule has 0 rings (SSSR count). The summed E-state index contributed by atoms with van der Waals surface area (Å²) in [6, 6.07) is 0. The highest BCUT2D eigenvalue weighted by Crippen LogP contribution is 1.61. The maximum Gasteiger partial charge on any atom is 0.265 e. The molecule has 0 fully saturated rings. The molecule has 0 aliphatic rings. The van der Waals surface area contributed by atoms with E-state index in [4.69, 9.17) is 35.4 Å². The third-order valence-electron chi connectivity index (χ3n) is 0. The van der Waals surface area contributed by atoms with E-state index in [1.54, 1.807) is 0 Å². The van der Waals surface area contributed by atoms with Crippen LogP contribution in [0.25, 0.3) is 0 Å². The van der Waals surface area contributed by atoms with Crippen LogP contribution in [0.3, 0.4) is 0 Å². The number of rotatable bonds is 0. The van der Waals surface area contributed by atoms with Crippen LogP contribution in [-0.4, -0.2) is 8.86 Å². The van der Waals surface area contributed by atoms with Crippen LogP contribution in [-0.2, 0) is 0 Å². The van der Waals surface area contributed by atoms with Gasteiger partial charge in [-0.1, -0.05) is 0 Å². The monoisotopic (exact) mass is 244 g/mol. The highest BCUT2D eigenvalue weighted by atomic mass is 80.0. The van der Waals surface area contributed by atoms with Crippen LogP contribution in [0.4, 0.5) is 0 Å². The number of hydrogen-bond donors (Lipinski definition) is 2. The molecule has 0 spiro atoms. The fourth-order valence-corrected chi connectivity index (χ4v) is 0. The van der Waals surface area contributed by atoms with E-state index in [0.29, 0.717) is 0 Å². The third-order valence-corrected chi connectivity index (χ3v) is 0. The summed E-state index contributed by atoms with van der Waals surface area (Å²) >= 11 is -5.38. The van der Waals surface area contributed by atoms with E-state index in [0.717, 1.165) is 0 Å². The minimum absolute atomic E-state index is 4.69. The molecule has 10 heavy (non-hydrogen) atoms. The topological polar surface area (TPSA) is 179 Å². The molecule has 0 saturated carbocycles. The molecular weight excluding hydrogens is 243 g/mol. The summed E-state index contributed by atoms with van der Waals surface area (Å²) in [4.78, 5) is 0. The molecule has 0 aromatic rings. The molecule has 64 valence electrons. The Labute approximate surface area is 60.4 Å². The molecule has 0 unspecified atom stereocenters. The molecule has 0 saturated heterocycles. The molecule has 2 N–H and O–H groups in total. The van der Waals surface area contributed by atoms with Crippen molar-refractivity contribution in [3.05, 3.63) is 0 Å². The first kappa shape index (κ1) is 13.1. The lowest BCUT2D eigenvalue weighted by Crippen LogP contribution is -2.58. The quantitative estimate of drug-likeness (QED) is 0.422. The molecule has 0 aromatic heterocycles. The second-order valence-corrected chi connectivity index (χ2v) is 3.25. The second-order valence-electron chi connectivity index (χ2n) is 0.792. The Morgan fingerprint density at radius 3 is 1.00 bits per heavy atom. The number of hydrogen-bond acceptors (Lipinski definition) is 8. The Morgan fingerprint density at radius 2 is 1.00 bits per heavy atom. The fraction of sp³-hybridized carbons (Fsp3) is 0. The van der Waals surface area contributed by atoms with Crippen molar-refractivity contribution in [2.24, 2.45) is 0 Å². The normalized spacial score (nSPS) is 12.0. The van der Waals surface area contributed by atoms with Gasteiger partial charge >= 0.3 is 0 Å². The van der Waals surface area contributed by atoms with Crippen LogP contribution in [0.5, 0.6) is 0 Å². The summed E-state index contributed by atoms with van der Waals surface area (Å²) in [7, 11) is -4.69. The van der Waals surface area contributed by atoms with Crippen molar-refractivity contribution < 1.29 is 59.8 Å². The maximum absolute atomic E-state index is 8.69. The first-order valence-corrected chi connectivity index (χ1v) is 5.18. The Bertz CT molecular complexity index is 52.2. The van der Waals surface area contributed by atoms with Crippen LogP contribution in [0, 0.1) is 24.3 Å². The highest BCUT2D eigenvalue weighted by Gasteiger charge is 2.07. The average molecular weight is 245 g/mol. The summed E-state index contributed by atoms with van der Waals surface area (Å²) < 4.78 is 65.8. The zero-order chi connectivity index (χ0) is 9.00. The van der Waals surface area contributed by atoms with E-state index < -0.39 is 24.3 Å². The lowest BCUT2D eigenvalue weighted by Gasteiger charge is -2.03. The SMILES string of the molecule is [O-][Br+3]([O-])([O-])O.[O-][Cl+3]([O-])([O-])O. The Morgan fingerprint density at radius 1 is 1.00 bits per heavy atom. The smallest absolute Gasteiger partial charge is 0.228 e. The van der Waals surface area contributed by atoms with Gasteiger partial charge in [0.2, 0.25) is 0 Å². The van der Waals surface area contributed by atoms with Gasteiger partial charge in [0.25, 0.3) is 14.1 Å². The maximum atomic E-state index is 8.69. The van der Waals surface area contributed by atoms with Gasteiger partial charge in [0.05, 0.1) is 14.9 Å². The van der Waals surface area contributed by atoms with E-state index in [1.807, 2.05) is 0 Å². The third kappa shape index (κ3) is 2320. The Hall–Kier alpha value is 0.450. The minimum atomic E-state index is -5.38. The summed E-state index contributed by atoms with van der Waals surface area (Å²) in [6.45, 7) is 0. The molecule has 0 aliphatic heterocycles. The molecule has 0 amide bonds. The first-order valence-electron chi connectivity index (χ1n) is 1.26. The van der Waals surface area contributed by atoms with Crippen LogP contribution in [0.1, 0.15) is 0 Å². The van der Waals surface area contributed by atoms with Gasteiger partial charge in [-0.3, -0.25) is 0 Å². The van der Waals surface area contributed by atoms with Crippen LogP contribution in [0.15, 0.2) is 0 Å². The molecule has 0 radical (unpaired) electrons. The lowest BCUT2D eigenvalue weighted by atomic mass is 15.8. The number of halogens is 2. The molecule has 0 aromatic carbocycles. The largest absolute Gasteiger partial charge is 0.265 e. The molecular formula is H2BrClO8. The molecule has 0 aliphatic carbocycles. The van der Waals surface area contributed by atoms with Gasteiger partial charge in [0.15, 0.2) is 0 Å². The zero-order valence-corrected chi connectivity index (χ0v) is 6.44. The van der Waals surface area contributed by atoms with E-state index >= 15 is 0 Å². The van der Waals surface area contributed by atoms with Gasteiger partial charge < -0.3 is 0 Å². The molecule has 0 atom stereocenters. The van der Waals surface area contributed by atoms with Gasteiger partial charge in [0.1, 0.15) is 0 Å². The van der Waals surface area contributed by atoms with Gasteiger partial charge in [0, 0.05) is 4.20 Å². The van der Waals surface area contributed by atoms with Gasteiger partial charge in [-0.15, -0.1) is 0 Å². The highest BCUT2D eigenvalue weighted by molar-refractivity contribution is 2.16. The molecule has 10 heteroatoms.